The summed E-state index contributed by atoms with van der Waals surface area (Å²) in [5, 5.41) is 6.01. The van der Waals surface area contributed by atoms with Gasteiger partial charge in [-0.15, -0.1) is 0 Å². The van der Waals surface area contributed by atoms with E-state index >= 15 is 0 Å². The van der Waals surface area contributed by atoms with Gasteiger partial charge in [0.15, 0.2) is 0 Å². The normalized spacial score (nSPS) is 22.2. The third kappa shape index (κ3) is 6.80. The lowest BCUT2D eigenvalue weighted by Crippen LogP contribution is -2.52. The van der Waals surface area contributed by atoms with Crippen molar-refractivity contribution >= 4 is 23.7 Å². The van der Waals surface area contributed by atoms with Gasteiger partial charge in [0.05, 0.1) is 18.1 Å². The number of benzene rings is 1. The highest BCUT2D eigenvalue weighted by Gasteiger charge is 2.43. The molecule has 1 heterocycles. The number of hydrogen-bond acceptors (Lipinski definition) is 5. The lowest BCUT2D eigenvalue weighted by atomic mass is 9.85. The Labute approximate surface area is 225 Å². The highest BCUT2D eigenvalue weighted by molar-refractivity contribution is 6.06. The Hall–Kier alpha value is -3.66. The SMILES string of the molecule is C=CC(=O)NC1CCC(C(=O)N=C(N)C2=C(N)C(C)(C)N(C(=O)NC(CN(C)C)c3ccccc3)C2)CC1. The molecule has 1 aliphatic carbocycles. The number of amidine groups is 1. The van der Waals surface area contributed by atoms with Crippen LogP contribution in [0.15, 0.2) is 59.2 Å². The van der Waals surface area contributed by atoms with E-state index in [1.807, 2.05) is 63.2 Å². The molecule has 2 aliphatic rings. The number of nitrogens with zero attached hydrogens (tertiary/aromatic N) is 3. The molecule has 1 aliphatic heterocycles. The van der Waals surface area contributed by atoms with Gasteiger partial charge in [-0.05, 0) is 65.3 Å². The monoisotopic (exact) mass is 523 g/mol. The van der Waals surface area contributed by atoms with Gasteiger partial charge in [0.25, 0.3) is 5.91 Å². The number of nitrogens with two attached hydrogens (primary N) is 2. The summed E-state index contributed by atoms with van der Waals surface area (Å²) in [6, 6.07) is 9.32. The second kappa shape index (κ2) is 12.3. The second-order valence-electron chi connectivity index (χ2n) is 10.8. The molecule has 6 N–H and O–H groups in total. The van der Waals surface area contributed by atoms with Gasteiger partial charge in [0.2, 0.25) is 5.91 Å². The maximum atomic E-state index is 13.5. The van der Waals surface area contributed by atoms with Crippen molar-refractivity contribution in [3.05, 3.63) is 59.8 Å². The summed E-state index contributed by atoms with van der Waals surface area (Å²) in [7, 11) is 3.91. The van der Waals surface area contributed by atoms with Gasteiger partial charge in [-0.3, -0.25) is 9.59 Å². The Morgan fingerprint density at radius 3 is 2.39 bits per heavy atom. The molecule has 1 fully saturated rings. The second-order valence-corrected chi connectivity index (χ2v) is 10.8. The van der Waals surface area contributed by atoms with E-state index in [0.717, 1.165) is 5.56 Å². The molecule has 1 aromatic rings. The molecular formula is C28H41N7O3. The molecule has 0 aromatic heterocycles. The first kappa shape index (κ1) is 28.9. The molecule has 38 heavy (non-hydrogen) atoms. The minimum Gasteiger partial charge on any atom is -0.400 e. The van der Waals surface area contributed by atoms with Crippen molar-refractivity contribution < 1.29 is 14.4 Å². The van der Waals surface area contributed by atoms with E-state index < -0.39 is 5.54 Å². The van der Waals surface area contributed by atoms with Crippen molar-refractivity contribution in [1.82, 2.24) is 20.4 Å². The third-order valence-corrected chi connectivity index (χ3v) is 7.42. The first-order valence-corrected chi connectivity index (χ1v) is 13.0. The summed E-state index contributed by atoms with van der Waals surface area (Å²) < 4.78 is 0. The maximum Gasteiger partial charge on any atom is 0.318 e. The maximum absolute atomic E-state index is 13.5. The molecule has 4 amide bonds. The van der Waals surface area contributed by atoms with Gasteiger partial charge in [0.1, 0.15) is 5.84 Å². The number of rotatable bonds is 8. The highest BCUT2D eigenvalue weighted by Crippen LogP contribution is 2.32. The molecular weight excluding hydrogens is 482 g/mol. The standard InChI is InChI=1S/C28H41N7O3/c1-6-23(36)31-20-14-12-19(13-15-20)26(37)33-25(30)21-16-35(28(2,3)24(21)29)27(38)32-22(17-34(4)5)18-10-8-7-9-11-18/h6-11,19-20,22H,1,12-17,29H2,2-5H3,(H,31,36)(H,32,38)(H2,30,33,37). The van der Waals surface area contributed by atoms with Gasteiger partial charge in [-0.25, -0.2) is 4.79 Å². The number of aliphatic imine (C=N–C) groups is 1. The summed E-state index contributed by atoms with van der Waals surface area (Å²) in [5.41, 5.74) is 13.9. The van der Waals surface area contributed by atoms with Gasteiger partial charge < -0.3 is 31.9 Å². The van der Waals surface area contributed by atoms with E-state index in [9.17, 15) is 14.4 Å². The molecule has 0 spiro atoms. The highest BCUT2D eigenvalue weighted by atomic mass is 16.2. The Kier molecular flexibility index (Phi) is 9.32. The van der Waals surface area contributed by atoms with Crippen LogP contribution in [-0.2, 0) is 9.59 Å². The number of urea groups is 1. The molecule has 0 bridgehead atoms. The zero-order chi connectivity index (χ0) is 28.0. The molecule has 1 saturated carbocycles. The largest absolute Gasteiger partial charge is 0.400 e. The Morgan fingerprint density at radius 2 is 1.82 bits per heavy atom. The molecule has 10 nitrogen and oxygen atoms in total. The van der Waals surface area contributed by atoms with Crippen LogP contribution in [0.4, 0.5) is 4.79 Å². The van der Waals surface area contributed by atoms with Crippen LogP contribution in [0.3, 0.4) is 0 Å². The Balaban J connectivity index is 1.68. The minimum absolute atomic E-state index is 0.0270. The fourth-order valence-corrected chi connectivity index (χ4v) is 5.03. The summed E-state index contributed by atoms with van der Waals surface area (Å²) in [6.07, 6.45) is 3.84. The zero-order valence-corrected chi connectivity index (χ0v) is 22.9. The first-order chi connectivity index (χ1) is 17.9. The van der Waals surface area contributed by atoms with Gasteiger partial charge in [0, 0.05) is 29.8 Å². The van der Waals surface area contributed by atoms with Crippen molar-refractivity contribution in [3.63, 3.8) is 0 Å². The van der Waals surface area contributed by atoms with Crippen LogP contribution in [0, 0.1) is 5.92 Å². The quantitative estimate of drug-likeness (QED) is 0.233. The van der Waals surface area contributed by atoms with E-state index in [2.05, 4.69) is 22.2 Å². The van der Waals surface area contributed by atoms with Crippen molar-refractivity contribution in [2.75, 3.05) is 27.2 Å². The topological polar surface area (TPSA) is 146 Å². The van der Waals surface area contributed by atoms with Gasteiger partial charge in [-0.2, -0.15) is 4.99 Å². The van der Waals surface area contributed by atoms with E-state index in [1.165, 1.54) is 6.08 Å². The number of carbonyl (C=O) groups is 3. The molecule has 0 radical (unpaired) electrons. The van der Waals surface area contributed by atoms with E-state index in [-0.39, 0.29) is 48.2 Å². The first-order valence-electron chi connectivity index (χ1n) is 13.0. The molecule has 206 valence electrons. The number of nitrogens with one attached hydrogen (secondary N) is 2. The smallest absolute Gasteiger partial charge is 0.318 e. The van der Waals surface area contributed by atoms with Crippen LogP contribution >= 0.6 is 0 Å². The summed E-state index contributed by atoms with van der Waals surface area (Å²) in [4.78, 5) is 45.7. The van der Waals surface area contributed by atoms with E-state index in [0.29, 0.717) is 43.5 Å². The lowest BCUT2D eigenvalue weighted by Gasteiger charge is -2.35. The van der Waals surface area contributed by atoms with Crippen LogP contribution in [0.2, 0.25) is 0 Å². The van der Waals surface area contributed by atoms with E-state index in [1.54, 1.807) is 4.90 Å². The lowest BCUT2D eigenvalue weighted by molar-refractivity contribution is -0.122. The number of likely N-dealkylation sites (N-methyl/N-ethyl adjacent to an activating group) is 1. The average molecular weight is 524 g/mol. The average Bonchev–Trinajstić information content (AvgIpc) is 3.12. The van der Waals surface area contributed by atoms with Gasteiger partial charge in [-0.1, -0.05) is 36.9 Å². The Bertz CT molecular complexity index is 1100. The number of carbonyl (C=O) groups excluding carboxylic acids is 3. The third-order valence-electron chi connectivity index (χ3n) is 7.42. The fourth-order valence-electron chi connectivity index (χ4n) is 5.03. The zero-order valence-electron chi connectivity index (χ0n) is 22.9. The van der Waals surface area contributed by atoms with Crippen molar-refractivity contribution in [3.8, 4) is 0 Å². The predicted molar refractivity (Wildman–Crippen MR) is 149 cm³/mol. The van der Waals surface area contributed by atoms with Gasteiger partial charge >= 0.3 is 6.03 Å². The van der Waals surface area contributed by atoms with Crippen LogP contribution in [0.1, 0.15) is 51.1 Å². The van der Waals surface area contributed by atoms with Crippen LogP contribution < -0.4 is 22.1 Å². The van der Waals surface area contributed by atoms with Crippen molar-refractivity contribution in [1.29, 1.82) is 0 Å². The molecule has 0 saturated heterocycles. The number of amides is 4. The fraction of sp³-hybridized carbons (Fsp3) is 0.500. The predicted octanol–water partition coefficient (Wildman–Crippen LogP) is 2.05. The molecule has 3 rings (SSSR count). The summed E-state index contributed by atoms with van der Waals surface area (Å²) in [6.45, 7) is 7.95. The molecule has 1 atom stereocenters. The van der Waals surface area contributed by atoms with Crippen LogP contribution in [-0.4, -0.2) is 72.2 Å². The van der Waals surface area contributed by atoms with E-state index in [4.69, 9.17) is 11.5 Å². The number of hydrogen-bond donors (Lipinski definition) is 4. The molecule has 1 unspecified atom stereocenters. The minimum atomic E-state index is -0.816. The molecule has 10 heteroatoms. The van der Waals surface area contributed by atoms with Crippen LogP contribution in [0.5, 0.6) is 0 Å². The van der Waals surface area contributed by atoms with Crippen LogP contribution in [0.25, 0.3) is 0 Å². The Morgan fingerprint density at radius 1 is 1.18 bits per heavy atom. The summed E-state index contributed by atoms with van der Waals surface area (Å²) in [5.74, 6) is -0.726. The summed E-state index contributed by atoms with van der Waals surface area (Å²) >= 11 is 0. The van der Waals surface area contributed by atoms with Crippen molar-refractivity contribution in [2.45, 2.75) is 57.2 Å². The van der Waals surface area contributed by atoms with Crippen molar-refractivity contribution in [2.24, 2.45) is 22.4 Å². The molecule has 1 aromatic carbocycles.